The molecular formula is C19H30O2. The first-order chi connectivity index (χ1) is 9.94. The van der Waals surface area contributed by atoms with Crippen molar-refractivity contribution in [3.05, 3.63) is 0 Å². The number of aliphatic hydroxyl groups is 1. The number of aliphatic hydroxyl groups excluding tert-OH is 1. The Kier molecular flexibility index (Phi) is 3.10. The Hall–Kier alpha value is -0.370. The first-order valence-electron chi connectivity index (χ1n) is 9.14. The van der Waals surface area contributed by atoms with Gasteiger partial charge >= 0.3 is 0 Å². The Bertz CT molecular complexity index is 458. The summed E-state index contributed by atoms with van der Waals surface area (Å²) < 4.78 is 0. The zero-order valence-corrected chi connectivity index (χ0v) is 13.6. The summed E-state index contributed by atoms with van der Waals surface area (Å²) in [7, 11) is 0. The van der Waals surface area contributed by atoms with E-state index in [0.717, 1.165) is 31.6 Å². The van der Waals surface area contributed by atoms with Gasteiger partial charge in [0, 0.05) is 12.8 Å². The fourth-order valence-electron chi connectivity index (χ4n) is 7.00. The van der Waals surface area contributed by atoms with Crippen LogP contribution in [0.15, 0.2) is 0 Å². The number of hydrogen-bond donors (Lipinski definition) is 1. The molecule has 4 saturated carbocycles. The molecule has 1 N–H and O–H groups in total. The maximum absolute atomic E-state index is 11.9. The van der Waals surface area contributed by atoms with E-state index in [-0.39, 0.29) is 6.10 Å². The predicted molar refractivity (Wildman–Crippen MR) is 82.7 cm³/mol. The lowest BCUT2D eigenvalue weighted by atomic mass is 9.44. The Morgan fingerprint density at radius 3 is 2.71 bits per heavy atom. The van der Waals surface area contributed by atoms with Gasteiger partial charge in [0.05, 0.1) is 6.10 Å². The van der Waals surface area contributed by atoms with Gasteiger partial charge in [-0.05, 0) is 73.0 Å². The summed E-state index contributed by atoms with van der Waals surface area (Å²) in [6.07, 6.45) is 10.0. The SMILES string of the molecule is C[C@@]12CCC[C@H]1[C@@H]1[C@@H](O)C[C@@H]3CC(=O)CC[C@]3(C)[C@H]1CC2. The van der Waals surface area contributed by atoms with Crippen LogP contribution in [0.2, 0.25) is 0 Å². The summed E-state index contributed by atoms with van der Waals surface area (Å²) in [4.78, 5) is 11.9. The second-order valence-corrected chi connectivity index (χ2v) is 9.12. The number of rotatable bonds is 0. The molecule has 0 heterocycles. The van der Waals surface area contributed by atoms with Crippen molar-refractivity contribution in [2.75, 3.05) is 0 Å². The van der Waals surface area contributed by atoms with Crippen LogP contribution in [-0.2, 0) is 4.79 Å². The normalized spacial score (nSPS) is 56.5. The highest BCUT2D eigenvalue weighted by Gasteiger charge is 2.60. The van der Waals surface area contributed by atoms with Crippen LogP contribution in [0.1, 0.15) is 71.6 Å². The van der Waals surface area contributed by atoms with Crippen molar-refractivity contribution in [1.29, 1.82) is 0 Å². The van der Waals surface area contributed by atoms with Crippen LogP contribution in [0.3, 0.4) is 0 Å². The van der Waals surface area contributed by atoms with E-state index in [2.05, 4.69) is 13.8 Å². The molecule has 2 nitrogen and oxygen atoms in total. The van der Waals surface area contributed by atoms with Crippen molar-refractivity contribution in [1.82, 2.24) is 0 Å². The molecule has 118 valence electrons. The molecule has 4 fully saturated rings. The minimum atomic E-state index is -0.151. The van der Waals surface area contributed by atoms with E-state index < -0.39 is 0 Å². The molecule has 0 aromatic heterocycles. The molecule has 0 saturated heterocycles. The van der Waals surface area contributed by atoms with Gasteiger partial charge in [-0.25, -0.2) is 0 Å². The molecule has 0 aromatic carbocycles. The number of carbonyl (C=O) groups excluding carboxylic acids is 1. The summed E-state index contributed by atoms with van der Waals surface area (Å²) in [6, 6.07) is 0. The summed E-state index contributed by atoms with van der Waals surface area (Å²) >= 11 is 0. The highest BCUT2D eigenvalue weighted by molar-refractivity contribution is 5.79. The third-order valence-corrected chi connectivity index (χ3v) is 8.28. The molecule has 21 heavy (non-hydrogen) atoms. The van der Waals surface area contributed by atoms with Gasteiger partial charge in [0.25, 0.3) is 0 Å². The zero-order valence-electron chi connectivity index (χ0n) is 13.6. The number of carbonyl (C=O) groups is 1. The molecule has 7 atom stereocenters. The molecule has 4 aliphatic carbocycles. The highest BCUT2D eigenvalue weighted by atomic mass is 16.3. The molecule has 0 amide bonds. The predicted octanol–water partition coefficient (Wildman–Crippen LogP) is 3.96. The maximum Gasteiger partial charge on any atom is 0.133 e. The molecular weight excluding hydrogens is 260 g/mol. The summed E-state index contributed by atoms with van der Waals surface area (Å²) in [6.45, 7) is 4.93. The second-order valence-electron chi connectivity index (χ2n) is 9.12. The summed E-state index contributed by atoms with van der Waals surface area (Å²) in [5.41, 5.74) is 0.817. The Balaban J connectivity index is 1.68. The van der Waals surface area contributed by atoms with Gasteiger partial charge in [0.2, 0.25) is 0 Å². The van der Waals surface area contributed by atoms with E-state index in [4.69, 9.17) is 0 Å². The van der Waals surface area contributed by atoms with Crippen LogP contribution in [0, 0.1) is 34.5 Å². The van der Waals surface area contributed by atoms with Crippen molar-refractivity contribution in [3.63, 3.8) is 0 Å². The van der Waals surface area contributed by atoms with Gasteiger partial charge < -0.3 is 5.11 Å². The fourth-order valence-corrected chi connectivity index (χ4v) is 7.00. The van der Waals surface area contributed by atoms with Crippen LogP contribution >= 0.6 is 0 Å². The molecule has 0 aliphatic heterocycles. The summed E-state index contributed by atoms with van der Waals surface area (Å²) in [5.74, 6) is 2.79. The van der Waals surface area contributed by atoms with Crippen LogP contribution in [0.25, 0.3) is 0 Å². The second kappa shape index (κ2) is 4.57. The van der Waals surface area contributed by atoms with Crippen molar-refractivity contribution >= 4 is 5.78 Å². The van der Waals surface area contributed by atoms with E-state index in [1.807, 2.05) is 0 Å². The van der Waals surface area contributed by atoms with E-state index >= 15 is 0 Å². The molecule has 0 spiro atoms. The molecule has 0 unspecified atom stereocenters. The minimum Gasteiger partial charge on any atom is -0.393 e. The van der Waals surface area contributed by atoms with Crippen molar-refractivity contribution in [3.8, 4) is 0 Å². The van der Waals surface area contributed by atoms with Gasteiger partial charge in [-0.2, -0.15) is 0 Å². The average molecular weight is 290 g/mol. The van der Waals surface area contributed by atoms with Crippen LogP contribution in [0.4, 0.5) is 0 Å². The fraction of sp³-hybridized carbons (Fsp3) is 0.947. The first-order valence-corrected chi connectivity index (χ1v) is 9.14. The van der Waals surface area contributed by atoms with Crippen molar-refractivity contribution in [2.24, 2.45) is 34.5 Å². The van der Waals surface area contributed by atoms with Crippen LogP contribution in [0.5, 0.6) is 0 Å². The third-order valence-electron chi connectivity index (χ3n) is 8.28. The maximum atomic E-state index is 11.9. The van der Waals surface area contributed by atoms with Gasteiger partial charge in [-0.3, -0.25) is 4.79 Å². The highest BCUT2D eigenvalue weighted by Crippen LogP contribution is 2.65. The Morgan fingerprint density at radius 2 is 1.90 bits per heavy atom. The molecule has 4 aliphatic rings. The first kappa shape index (κ1) is 14.2. The largest absolute Gasteiger partial charge is 0.393 e. The lowest BCUT2D eigenvalue weighted by Crippen LogP contribution is -2.57. The van der Waals surface area contributed by atoms with E-state index in [1.165, 1.54) is 32.1 Å². The number of fused-ring (bicyclic) bond motifs is 5. The lowest BCUT2D eigenvalue weighted by Gasteiger charge is -2.61. The van der Waals surface area contributed by atoms with E-state index in [1.54, 1.807) is 0 Å². The number of hydrogen-bond acceptors (Lipinski definition) is 2. The van der Waals surface area contributed by atoms with Crippen LogP contribution < -0.4 is 0 Å². The smallest absolute Gasteiger partial charge is 0.133 e. The van der Waals surface area contributed by atoms with Gasteiger partial charge in [0.1, 0.15) is 5.78 Å². The van der Waals surface area contributed by atoms with E-state index in [9.17, 15) is 9.90 Å². The van der Waals surface area contributed by atoms with Gasteiger partial charge in [0.15, 0.2) is 0 Å². The Labute approximate surface area is 128 Å². The van der Waals surface area contributed by atoms with Crippen molar-refractivity contribution < 1.29 is 9.90 Å². The lowest BCUT2D eigenvalue weighted by molar-refractivity contribution is -0.163. The summed E-state index contributed by atoms with van der Waals surface area (Å²) in [5, 5.41) is 10.9. The van der Waals surface area contributed by atoms with Crippen LogP contribution in [-0.4, -0.2) is 17.0 Å². The molecule has 0 bridgehead atoms. The monoisotopic (exact) mass is 290 g/mol. The van der Waals surface area contributed by atoms with Crippen molar-refractivity contribution in [2.45, 2.75) is 77.7 Å². The van der Waals surface area contributed by atoms with Gasteiger partial charge in [-0.1, -0.05) is 20.3 Å². The topological polar surface area (TPSA) is 37.3 Å². The molecule has 4 rings (SSSR count). The molecule has 0 radical (unpaired) electrons. The average Bonchev–Trinajstić information content (AvgIpc) is 2.82. The van der Waals surface area contributed by atoms with Gasteiger partial charge in [-0.15, -0.1) is 0 Å². The quantitative estimate of drug-likeness (QED) is 0.733. The van der Waals surface area contributed by atoms with E-state index in [0.29, 0.717) is 34.4 Å². The minimum absolute atomic E-state index is 0.151. The molecule has 0 aromatic rings. The third kappa shape index (κ3) is 1.90. The number of Topliss-reactive ketones (excluding diaryl/α,β-unsaturated/α-hetero) is 1. The number of ketones is 1. The Morgan fingerprint density at radius 1 is 1.10 bits per heavy atom. The molecule has 2 heteroatoms. The zero-order chi connectivity index (χ0) is 14.8. The standard InChI is InChI=1S/C19H30O2/c1-18-7-3-4-14(18)17-15(6-8-18)19(2)9-5-13(20)10-12(19)11-16(17)21/h12,14-17,21H,3-11H2,1-2H3/t12-,14-,15-,16-,17-,18-,19-/m0/s1.